The molecule has 2 amide bonds. The molecule has 32 heavy (non-hydrogen) atoms. The largest absolute Gasteiger partial charge is 0.356 e. The van der Waals surface area contributed by atoms with Crippen LogP contribution in [-0.4, -0.2) is 46.1 Å². The van der Waals surface area contributed by atoms with E-state index in [2.05, 4.69) is 36.5 Å². The zero-order valence-corrected chi connectivity index (χ0v) is 18.6. The van der Waals surface area contributed by atoms with Crippen LogP contribution in [0.25, 0.3) is 16.9 Å². The molecule has 1 aliphatic heterocycles. The summed E-state index contributed by atoms with van der Waals surface area (Å²) in [6.07, 6.45) is 5.45. The molecule has 4 rings (SSSR count). The molecule has 2 heterocycles. The number of rotatable bonds is 9. The standard InChI is InChI=1S/C26H30N4O2/c1-20-10-12-21(13-11-20)26-22(19-30(28-26)23-7-3-2-4-8-23)14-15-24(31)27-16-6-18-29-17-5-9-25(29)32/h2-4,7-8,10-13,19H,5-6,9,14-18H2,1H3,(H,27,31). The van der Waals surface area contributed by atoms with E-state index in [4.69, 9.17) is 5.10 Å². The van der Waals surface area contributed by atoms with E-state index in [1.807, 2.05) is 46.1 Å². The summed E-state index contributed by atoms with van der Waals surface area (Å²) in [5.74, 6) is 0.260. The number of carbonyl (C=O) groups excluding carboxylic acids is 2. The smallest absolute Gasteiger partial charge is 0.222 e. The van der Waals surface area contributed by atoms with E-state index < -0.39 is 0 Å². The molecule has 2 aromatic carbocycles. The summed E-state index contributed by atoms with van der Waals surface area (Å²) in [6, 6.07) is 18.3. The number of carbonyl (C=O) groups is 2. The van der Waals surface area contributed by atoms with Crippen molar-refractivity contribution >= 4 is 11.8 Å². The van der Waals surface area contributed by atoms with E-state index in [9.17, 15) is 9.59 Å². The molecule has 1 aromatic heterocycles. The zero-order valence-electron chi connectivity index (χ0n) is 18.6. The minimum Gasteiger partial charge on any atom is -0.356 e. The number of aromatic nitrogens is 2. The van der Waals surface area contributed by atoms with Crippen LogP contribution in [0, 0.1) is 6.92 Å². The first-order chi connectivity index (χ1) is 15.6. The maximum atomic E-state index is 12.4. The third-order valence-corrected chi connectivity index (χ3v) is 5.86. The molecule has 1 saturated heterocycles. The molecule has 1 fully saturated rings. The van der Waals surface area contributed by atoms with Crippen molar-refractivity contribution < 1.29 is 9.59 Å². The average molecular weight is 431 g/mol. The van der Waals surface area contributed by atoms with Crippen LogP contribution in [0.1, 0.15) is 36.8 Å². The second kappa shape index (κ2) is 10.3. The minimum atomic E-state index is 0.0278. The number of likely N-dealkylation sites (tertiary alicyclic amines) is 1. The van der Waals surface area contributed by atoms with Crippen LogP contribution in [0.5, 0.6) is 0 Å². The highest BCUT2D eigenvalue weighted by Gasteiger charge is 2.19. The third-order valence-electron chi connectivity index (χ3n) is 5.86. The van der Waals surface area contributed by atoms with E-state index >= 15 is 0 Å². The van der Waals surface area contributed by atoms with Gasteiger partial charge in [0, 0.05) is 44.2 Å². The predicted octanol–water partition coefficient (Wildman–Crippen LogP) is 3.91. The van der Waals surface area contributed by atoms with Gasteiger partial charge in [0.05, 0.1) is 11.4 Å². The van der Waals surface area contributed by atoms with Gasteiger partial charge in [-0.3, -0.25) is 9.59 Å². The Morgan fingerprint density at radius 1 is 1.09 bits per heavy atom. The number of aryl methyl sites for hydroxylation is 2. The van der Waals surface area contributed by atoms with E-state index in [-0.39, 0.29) is 11.8 Å². The molecule has 166 valence electrons. The SMILES string of the molecule is Cc1ccc(-c2nn(-c3ccccc3)cc2CCC(=O)NCCCN2CCCC2=O)cc1. The summed E-state index contributed by atoms with van der Waals surface area (Å²) in [4.78, 5) is 26.0. The fourth-order valence-electron chi connectivity index (χ4n) is 4.03. The predicted molar refractivity (Wildman–Crippen MR) is 125 cm³/mol. The number of nitrogens with one attached hydrogen (secondary N) is 1. The lowest BCUT2D eigenvalue weighted by atomic mass is 10.0. The lowest BCUT2D eigenvalue weighted by Gasteiger charge is -2.15. The maximum absolute atomic E-state index is 12.4. The molecule has 0 atom stereocenters. The van der Waals surface area contributed by atoms with Crippen LogP contribution < -0.4 is 5.32 Å². The Hall–Kier alpha value is -3.41. The number of hydrogen-bond acceptors (Lipinski definition) is 3. The molecule has 6 heteroatoms. The molecule has 0 aliphatic carbocycles. The summed E-state index contributed by atoms with van der Waals surface area (Å²) in [7, 11) is 0. The Morgan fingerprint density at radius 2 is 1.88 bits per heavy atom. The number of para-hydroxylation sites is 1. The topological polar surface area (TPSA) is 67.2 Å². The van der Waals surface area contributed by atoms with Crippen molar-refractivity contribution in [1.29, 1.82) is 0 Å². The Labute approximate surface area is 189 Å². The monoisotopic (exact) mass is 430 g/mol. The summed E-state index contributed by atoms with van der Waals surface area (Å²) in [5, 5.41) is 7.83. The molecule has 0 radical (unpaired) electrons. The molecule has 6 nitrogen and oxygen atoms in total. The van der Waals surface area contributed by atoms with E-state index in [1.54, 1.807) is 0 Å². The van der Waals surface area contributed by atoms with Gasteiger partial charge in [-0.2, -0.15) is 5.10 Å². The number of nitrogens with zero attached hydrogens (tertiary/aromatic N) is 3. The zero-order chi connectivity index (χ0) is 22.3. The van der Waals surface area contributed by atoms with Crippen molar-refractivity contribution in [1.82, 2.24) is 20.0 Å². The number of amides is 2. The Bertz CT molecular complexity index is 1060. The first kappa shape index (κ1) is 21.8. The van der Waals surface area contributed by atoms with Gasteiger partial charge in [-0.25, -0.2) is 4.68 Å². The van der Waals surface area contributed by atoms with Crippen molar-refractivity contribution in [3.8, 4) is 16.9 Å². The van der Waals surface area contributed by atoms with E-state index in [1.165, 1.54) is 5.56 Å². The molecular weight excluding hydrogens is 400 g/mol. The molecule has 1 aliphatic rings. The summed E-state index contributed by atoms with van der Waals surface area (Å²) in [5.41, 5.74) is 5.21. The Kier molecular flexibility index (Phi) is 7.00. The van der Waals surface area contributed by atoms with Gasteiger partial charge in [0.25, 0.3) is 0 Å². The lowest BCUT2D eigenvalue weighted by Crippen LogP contribution is -2.30. The maximum Gasteiger partial charge on any atom is 0.222 e. The highest BCUT2D eigenvalue weighted by molar-refractivity contribution is 5.78. The van der Waals surface area contributed by atoms with Gasteiger partial charge in [-0.1, -0.05) is 48.0 Å². The number of benzene rings is 2. The van der Waals surface area contributed by atoms with Crippen LogP contribution in [0.15, 0.2) is 60.8 Å². The van der Waals surface area contributed by atoms with Gasteiger partial charge >= 0.3 is 0 Å². The fourth-order valence-corrected chi connectivity index (χ4v) is 4.03. The Balaban J connectivity index is 1.38. The van der Waals surface area contributed by atoms with Crippen molar-refractivity contribution in [3.05, 3.63) is 71.9 Å². The summed E-state index contributed by atoms with van der Waals surface area (Å²) >= 11 is 0. The van der Waals surface area contributed by atoms with Crippen molar-refractivity contribution in [2.45, 2.75) is 39.0 Å². The first-order valence-electron chi connectivity index (χ1n) is 11.4. The summed E-state index contributed by atoms with van der Waals surface area (Å²) < 4.78 is 1.88. The third kappa shape index (κ3) is 5.44. The first-order valence-corrected chi connectivity index (χ1v) is 11.4. The van der Waals surface area contributed by atoms with Gasteiger partial charge < -0.3 is 10.2 Å². The van der Waals surface area contributed by atoms with Crippen molar-refractivity contribution in [2.75, 3.05) is 19.6 Å². The average Bonchev–Trinajstić information content (AvgIpc) is 3.42. The highest BCUT2D eigenvalue weighted by atomic mass is 16.2. The minimum absolute atomic E-state index is 0.0278. The molecule has 0 bridgehead atoms. The molecular formula is C26H30N4O2. The van der Waals surface area contributed by atoms with Crippen LogP contribution in [0.4, 0.5) is 0 Å². The lowest BCUT2D eigenvalue weighted by molar-refractivity contribution is -0.127. The molecule has 0 saturated carbocycles. The molecule has 3 aromatic rings. The molecule has 0 spiro atoms. The van der Waals surface area contributed by atoms with Crippen LogP contribution in [0.2, 0.25) is 0 Å². The highest BCUT2D eigenvalue weighted by Crippen LogP contribution is 2.25. The molecule has 1 N–H and O–H groups in total. The number of hydrogen-bond donors (Lipinski definition) is 1. The van der Waals surface area contributed by atoms with E-state index in [0.29, 0.717) is 25.8 Å². The molecule has 0 unspecified atom stereocenters. The van der Waals surface area contributed by atoms with Crippen LogP contribution in [-0.2, 0) is 16.0 Å². The van der Waals surface area contributed by atoms with E-state index in [0.717, 1.165) is 48.4 Å². The second-order valence-electron chi connectivity index (χ2n) is 8.34. The van der Waals surface area contributed by atoms with Crippen molar-refractivity contribution in [2.24, 2.45) is 0 Å². The van der Waals surface area contributed by atoms with Gasteiger partial charge in [0.15, 0.2) is 0 Å². The second-order valence-corrected chi connectivity index (χ2v) is 8.34. The van der Waals surface area contributed by atoms with Gasteiger partial charge in [0.2, 0.25) is 11.8 Å². The quantitative estimate of drug-likeness (QED) is 0.524. The Morgan fingerprint density at radius 3 is 2.59 bits per heavy atom. The van der Waals surface area contributed by atoms with Crippen LogP contribution >= 0.6 is 0 Å². The normalized spacial score (nSPS) is 13.5. The van der Waals surface area contributed by atoms with Gasteiger partial charge in [0.1, 0.15) is 0 Å². The van der Waals surface area contributed by atoms with Crippen molar-refractivity contribution in [3.63, 3.8) is 0 Å². The summed E-state index contributed by atoms with van der Waals surface area (Å²) in [6.45, 7) is 4.23. The fraction of sp³-hybridized carbons (Fsp3) is 0.346. The van der Waals surface area contributed by atoms with Crippen LogP contribution in [0.3, 0.4) is 0 Å². The van der Waals surface area contributed by atoms with Gasteiger partial charge in [-0.05, 0) is 43.9 Å². The van der Waals surface area contributed by atoms with Gasteiger partial charge in [-0.15, -0.1) is 0 Å².